The normalized spacial score (nSPS) is 10.5. The standard InChI is InChI=1S/C16H23FN4O.HI/c1-5-8-18-16(20-11-15(22)21(3)4)19-10-13-6-7-14(17)12(2)9-13;/h5-7,9H,1,8,10-11H2,2-4H3,(H2,18,19,20);1H. The molecule has 0 aliphatic carbocycles. The van der Waals surface area contributed by atoms with Gasteiger partial charge in [-0.25, -0.2) is 9.38 Å². The molecule has 2 N–H and O–H groups in total. The van der Waals surface area contributed by atoms with E-state index in [1.54, 1.807) is 39.2 Å². The number of aryl methyl sites for hydroxylation is 1. The van der Waals surface area contributed by atoms with Crippen LogP contribution in [0.25, 0.3) is 0 Å². The van der Waals surface area contributed by atoms with Gasteiger partial charge in [0.25, 0.3) is 0 Å². The van der Waals surface area contributed by atoms with Crippen LogP contribution >= 0.6 is 24.0 Å². The molecule has 1 rings (SSSR count). The van der Waals surface area contributed by atoms with Crippen LogP contribution in [0.1, 0.15) is 11.1 Å². The van der Waals surface area contributed by atoms with Crippen molar-refractivity contribution in [3.8, 4) is 0 Å². The molecule has 1 aromatic carbocycles. The van der Waals surface area contributed by atoms with Crippen molar-refractivity contribution in [3.63, 3.8) is 0 Å². The lowest BCUT2D eigenvalue weighted by molar-refractivity contribution is -0.127. The lowest BCUT2D eigenvalue weighted by Gasteiger charge is -2.14. The summed E-state index contributed by atoms with van der Waals surface area (Å²) in [6.45, 7) is 6.43. The van der Waals surface area contributed by atoms with Crippen LogP contribution in [0.2, 0.25) is 0 Å². The van der Waals surface area contributed by atoms with E-state index in [0.29, 0.717) is 24.6 Å². The molecule has 0 bridgehead atoms. The number of hydrogen-bond acceptors (Lipinski definition) is 2. The van der Waals surface area contributed by atoms with Crippen LogP contribution in [-0.2, 0) is 11.3 Å². The van der Waals surface area contributed by atoms with Crippen LogP contribution in [-0.4, -0.2) is 44.0 Å². The minimum atomic E-state index is -0.229. The Bertz CT molecular complexity index is 561. The minimum absolute atomic E-state index is 0. The number of amides is 1. The van der Waals surface area contributed by atoms with Crippen LogP contribution in [0, 0.1) is 12.7 Å². The van der Waals surface area contributed by atoms with E-state index in [1.807, 2.05) is 0 Å². The third-order valence-electron chi connectivity index (χ3n) is 2.96. The number of nitrogens with one attached hydrogen (secondary N) is 2. The van der Waals surface area contributed by atoms with Gasteiger partial charge in [0.1, 0.15) is 5.82 Å². The Balaban J connectivity index is 0.00000484. The van der Waals surface area contributed by atoms with Crippen LogP contribution < -0.4 is 10.6 Å². The maximum absolute atomic E-state index is 13.2. The topological polar surface area (TPSA) is 56.7 Å². The monoisotopic (exact) mass is 434 g/mol. The zero-order valence-corrected chi connectivity index (χ0v) is 16.1. The van der Waals surface area contributed by atoms with Gasteiger partial charge < -0.3 is 15.5 Å². The fraction of sp³-hybridized carbons (Fsp3) is 0.375. The van der Waals surface area contributed by atoms with Crippen LogP contribution in [0.5, 0.6) is 0 Å². The summed E-state index contributed by atoms with van der Waals surface area (Å²) in [6.07, 6.45) is 1.70. The number of carbonyl (C=O) groups excluding carboxylic acids is 1. The first-order valence-corrected chi connectivity index (χ1v) is 7.02. The predicted octanol–water partition coefficient (Wildman–Crippen LogP) is 2.06. The van der Waals surface area contributed by atoms with Crippen molar-refractivity contribution in [1.82, 2.24) is 15.5 Å². The van der Waals surface area contributed by atoms with Crippen molar-refractivity contribution in [3.05, 3.63) is 47.8 Å². The number of rotatable bonds is 6. The Hall–Kier alpha value is -1.64. The van der Waals surface area contributed by atoms with E-state index in [9.17, 15) is 9.18 Å². The molecule has 1 amide bonds. The van der Waals surface area contributed by atoms with Gasteiger partial charge in [0.2, 0.25) is 5.91 Å². The van der Waals surface area contributed by atoms with Crippen molar-refractivity contribution in [2.24, 2.45) is 4.99 Å². The molecule has 0 aromatic heterocycles. The third-order valence-corrected chi connectivity index (χ3v) is 2.96. The van der Waals surface area contributed by atoms with Crippen LogP contribution in [0.15, 0.2) is 35.8 Å². The Morgan fingerprint density at radius 1 is 1.39 bits per heavy atom. The molecule has 0 saturated heterocycles. The predicted molar refractivity (Wildman–Crippen MR) is 103 cm³/mol. The van der Waals surface area contributed by atoms with Crippen molar-refractivity contribution in [1.29, 1.82) is 0 Å². The largest absolute Gasteiger partial charge is 0.353 e. The number of aliphatic imine (C=N–C) groups is 1. The van der Waals surface area contributed by atoms with E-state index in [0.717, 1.165) is 5.56 Å². The number of hydrogen-bond donors (Lipinski definition) is 2. The molecule has 0 aliphatic rings. The lowest BCUT2D eigenvalue weighted by atomic mass is 10.1. The molecule has 5 nitrogen and oxygen atoms in total. The maximum Gasteiger partial charge on any atom is 0.241 e. The molecule has 7 heteroatoms. The molecule has 0 aliphatic heterocycles. The fourth-order valence-corrected chi connectivity index (χ4v) is 1.64. The Kier molecular flexibility index (Phi) is 10.2. The highest BCUT2D eigenvalue weighted by Gasteiger charge is 2.05. The second kappa shape index (κ2) is 11.0. The molecule has 0 saturated carbocycles. The molecule has 23 heavy (non-hydrogen) atoms. The first-order valence-electron chi connectivity index (χ1n) is 7.02. The zero-order valence-electron chi connectivity index (χ0n) is 13.7. The fourth-order valence-electron chi connectivity index (χ4n) is 1.64. The second-order valence-corrected chi connectivity index (χ2v) is 5.06. The molecule has 0 spiro atoms. The minimum Gasteiger partial charge on any atom is -0.353 e. The van der Waals surface area contributed by atoms with Crippen molar-refractivity contribution < 1.29 is 9.18 Å². The van der Waals surface area contributed by atoms with Gasteiger partial charge in [-0.2, -0.15) is 0 Å². The van der Waals surface area contributed by atoms with Crippen LogP contribution in [0.4, 0.5) is 4.39 Å². The summed E-state index contributed by atoms with van der Waals surface area (Å²) in [7, 11) is 3.39. The van der Waals surface area contributed by atoms with E-state index in [4.69, 9.17) is 0 Å². The third kappa shape index (κ3) is 7.96. The lowest BCUT2D eigenvalue weighted by Crippen LogP contribution is -2.43. The van der Waals surface area contributed by atoms with Gasteiger partial charge in [-0.3, -0.25) is 4.79 Å². The van der Waals surface area contributed by atoms with Crippen molar-refractivity contribution in [2.75, 3.05) is 27.2 Å². The van der Waals surface area contributed by atoms with Gasteiger partial charge in [0, 0.05) is 20.6 Å². The van der Waals surface area contributed by atoms with E-state index in [1.165, 1.54) is 11.0 Å². The smallest absolute Gasteiger partial charge is 0.241 e. The van der Waals surface area contributed by atoms with Gasteiger partial charge in [0.05, 0.1) is 13.1 Å². The molecule has 1 aromatic rings. The van der Waals surface area contributed by atoms with Crippen LogP contribution in [0.3, 0.4) is 0 Å². The Morgan fingerprint density at radius 2 is 2.09 bits per heavy atom. The first-order chi connectivity index (χ1) is 10.4. The van der Waals surface area contributed by atoms with E-state index in [-0.39, 0.29) is 42.2 Å². The van der Waals surface area contributed by atoms with Crippen molar-refractivity contribution >= 4 is 35.8 Å². The summed E-state index contributed by atoms with van der Waals surface area (Å²) in [6, 6.07) is 4.89. The average Bonchev–Trinajstić information content (AvgIpc) is 2.49. The molecule has 0 radical (unpaired) electrons. The van der Waals surface area contributed by atoms with Gasteiger partial charge in [-0.05, 0) is 24.1 Å². The summed E-state index contributed by atoms with van der Waals surface area (Å²) in [5.74, 6) is 0.232. The van der Waals surface area contributed by atoms with Crippen molar-refractivity contribution in [2.45, 2.75) is 13.5 Å². The summed E-state index contributed by atoms with van der Waals surface area (Å²) in [4.78, 5) is 17.5. The Morgan fingerprint density at radius 3 is 2.65 bits per heavy atom. The quantitative estimate of drug-likeness (QED) is 0.312. The molecule has 128 valence electrons. The van der Waals surface area contributed by atoms with Gasteiger partial charge >= 0.3 is 0 Å². The van der Waals surface area contributed by atoms with E-state index >= 15 is 0 Å². The zero-order chi connectivity index (χ0) is 16.5. The SMILES string of the molecule is C=CCNC(=NCc1ccc(F)c(C)c1)NCC(=O)N(C)C.I. The summed E-state index contributed by atoms with van der Waals surface area (Å²) >= 11 is 0. The highest BCUT2D eigenvalue weighted by atomic mass is 127. The molecule has 0 fully saturated rings. The molecule has 0 unspecified atom stereocenters. The van der Waals surface area contributed by atoms with E-state index in [2.05, 4.69) is 22.2 Å². The number of nitrogens with zero attached hydrogens (tertiary/aromatic N) is 2. The van der Waals surface area contributed by atoms with E-state index < -0.39 is 0 Å². The van der Waals surface area contributed by atoms with Gasteiger partial charge in [0.15, 0.2) is 5.96 Å². The Labute approximate surface area is 154 Å². The number of halogens is 2. The van der Waals surface area contributed by atoms with Gasteiger partial charge in [-0.15, -0.1) is 30.6 Å². The summed E-state index contributed by atoms with van der Waals surface area (Å²) in [5.41, 5.74) is 1.49. The molecular weight excluding hydrogens is 410 g/mol. The number of guanidine groups is 1. The summed E-state index contributed by atoms with van der Waals surface area (Å²) < 4.78 is 13.2. The molecular formula is C16H24FIN4O. The molecule has 0 heterocycles. The number of likely N-dealkylation sites (N-methyl/N-ethyl adjacent to an activating group) is 1. The number of carbonyl (C=O) groups is 1. The maximum atomic E-state index is 13.2. The first kappa shape index (κ1) is 21.4. The summed E-state index contributed by atoms with van der Waals surface area (Å²) in [5, 5.41) is 5.99. The highest BCUT2D eigenvalue weighted by molar-refractivity contribution is 14.0. The average molecular weight is 434 g/mol. The number of benzene rings is 1. The molecule has 0 atom stereocenters. The highest BCUT2D eigenvalue weighted by Crippen LogP contribution is 2.09. The van der Waals surface area contributed by atoms with Gasteiger partial charge in [-0.1, -0.05) is 18.2 Å². The second-order valence-electron chi connectivity index (χ2n) is 5.06.